The summed E-state index contributed by atoms with van der Waals surface area (Å²) in [5.41, 5.74) is 0. The Kier molecular flexibility index (Phi) is 11.3. The average Bonchev–Trinajstić information content (AvgIpc) is 2.28. The van der Waals surface area contributed by atoms with E-state index in [9.17, 15) is 34.4 Å². The molecule has 8 nitrogen and oxygen atoms in total. The smallest absolute Gasteiger partial charge is 0.270 e. The van der Waals surface area contributed by atoms with Crippen LogP contribution in [0.1, 0.15) is 0 Å². The first-order chi connectivity index (χ1) is 10.6. The third-order valence-corrected chi connectivity index (χ3v) is 2.87. The van der Waals surface area contributed by atoms with Crippen LogP contribution >= 0.6 is 0 Å². The van der Waals surface area contributed by atoms with Gasteiger partial charge >= 0.3 is 0 Å². The lowest BCUT2D eigenvalue weighted by atomic mass is 10.3. The SMILES string of the molecule is O=S(=O)(O)CC(F)F.O=S(=O)(O)CC(F)F.Oc1ccc(O)cc1. The zero-order valence-electron chi connectivity index (χ0n) is 11.6. The fourth-order valence-electron chi connectivity index (χ4n) is 0.771. The van der Waals surface area contributed by atoms with Gasteiger partial charge in [-0.1, -0.05) is 0 Å². The predicted octanol–water partition coefficient (Wildman–Crippen LogP) is 1.38. The lowest BCUT2D eigenvalue weighted by molar-refractivity contribution is 0.171. The summed E-state index contributed by atoms with van der Waals surface area (Å²) in [5.74, 6) is -2.62. The monoisotopic (exact) mass is 402 g/mol. The molecule has 4 N–H and O–H groups in total. The minimum Gasteiger partial charge on any atom is -0.508 e. The minimum absolute atomic E-state index is 0.169. The van der Waals surface area contributed by atoms with Crippen molar-refractivity contribution in [2.75, 3.05) is 11.5 Å². The summed E-state index contributed by atoms with van der Waals surface area (Å²) < 4.78 is 97.4. The van der Waals surface area contributed by atoms with E-state index >= 15 is 0 Å². The lowest BCUT2D eigenvalue weighted by Crippen LogP contribution is -2.11. The van der Waals surface area contributed by atoms with Gasteiger partial charge in [0.1, 0.15) is 23.0 Å². The maximum atomic E-state index is 11.0. The van der Waals surface area contributed by atoms with E-state index in [2.05, 4.69) is 0 Å². The summed E-state index contributed by atoms with van der Waals surface area (Å²) in [6, 6.07) is 5.70. The van der Waals surface area contributed by atoms with Gasteiger partial charge in [-0.25, -0.2) is 17.6 Å². The zero-order chi connectivity index (χ0) is 19.6. The van der Waals surface area contributed by atoms with E-state index in [1.807, 2.05) is 0 Å². The van der Waals surface area contributed by atoms with Gasteiger partial charge in [-0.15, -0.1) is 0 Å². The number of hydrogen-bond donors (Lipinski definition) is 4. The van der Waals surface area contributed by atoms with Crippen molar-refractivity contribution in [3.05, 3.63) is 24.3 Å². The second kappa shape index (κ2) is 11.0. The van der Waals surface area contributed by atoms with Crippen molar-refractivity contribution in [3.8, 4) is 11.5 Å². The molecule has 0 fully saturated rings. The van der Waals surface area contributed by atoms with Gasteiger partial charge in [-0.2, -0.15) is 16.8 Å². The van der Waals surface area contributed by atoms with E-state index in [1.165, 1.54) is 24.3 Å². The number of rotatable bonds is 4. The molecule has 0 unspecified atom stereocenters. The van der Waals surface area contributed by atoms with Gasteiger partial charge in [0, 0.05) is 0 Å². The molecular formula is C10H14F4O8S2. The summed E-state index contributed by atoms with van der Waals surface area (Å²) in [4.78, 5) is 0. The molecule has 0 saturated heterocycles. The highest BCUT2D eigenvalue weighted by Crippen LogP contribution is 2.13. The Morgan fingerprint density at radius 1 is 0.708 bits per heavy atom. The Labute approximate surface area is 134 Å². The maximum absolute atomic E-state index is 11.0. The molecule has 0 spiro atoms. The van der Waals surface area contributed by atoms with Crippen molar-refractivity contribution >= 4 is 20.2 Å². The molecule has 0 aromatic heterocycles. The quantitative estimate of drug-likeness (QED) is 0.335. The number of halogens is 4. The molecule has 0 aliphatic rings. The number of aromatic hydroxyl groups is 2. The van der Waals surface area contributed by atoms with Gasteiger partial charge in [0.05, 0.1) is 0 Å². The van der Waals surface area contributed by atoms with E-state index in [0.29, 0.717) is 0 Å². The highest BCUT2D eigenvalue weighted by atomic mass is 32.2. The van der Waals surface area contributed by atoms with Crippen molar-refractivity contribution in [1.82, 2.24) is 0 Å². The van der Waals surface area contributed by atoms with Crippen LogP contribution in [0, 0.1) is 0 Å². The third kappa shape index (κ3) is 22.6. The van der Waals surface area contributed by atoms with Crippen molar-refractivity contribution in [2.24, 2.45) is 0 Å². The van der Waals surface area contributed by atoms with E-state index in [0.717, 1.165) is 0 Å². The highest BCUT2D eigenvalue weighted by molar-refractivity contribution is 7.86. The molecule has 0 aliphatic carbocycles. The predicted molar refractivity (Wildman–Crippen MR) is 74.6 cm³/mol. The molecule has 1 aromatic rings. The Morgan fingerprint density at radius 2 is 0.917 bits per heavy atom. The van der Waals surface area contributed by atoms with Gasteiger partial charge in [0.15, 0.2) is 0 Å². The molecule has 14 heteroatoms. The second-order valence-corrected chi connectivity index (χ2v) is 6.79. The van der Waals surface area contributed by atoms with Gasteiger partial charge in [0.2, 0.25) is 0 Å². The summed E-state index contributed by atoms with van der Waals surface area (Å²) >= 11 is 0. The number of phenolic OH excluding ortho intramolecular Hbond substituents is 2. The van der Waals surface area contributed by atoms with Crippen molar-refractivity contribution in [2.45, 2.75) is 12.9 Å². The first-order valence-electron chi connectivity index (χ1n) is 5.57. The van der Waals surface area contributed by atoms with Crippen LogP contribution in [0.25, 0.3) is 0 Å². The van der Waals surface area contributed by atoms with Crippen LogP contribution in [0.2, 0.25) is 0 Å². The van der Waals surface area contributed by atoms with Crippen LogP contribution in [0.15, 0.2) is 24.3 Å². The zero-order valence-corrected chi connectivity index (χ0v) is 13.3. The second-order valence-electron chi connectivity index (χ2n) is 3.80. The molecule has 0 heterocycles. The summed E-state index contributed by atoms with van der Waals surface area (Å²) in [6.07, 6.45) is -5.99. The van der Waals surface area contributed by atoms with Crippen LogP contribution < -0.4 is 0 Å². The molecule has 142 valence electrons. The molecule has 1 rings (SSSR count). The minimum atomic E-state index is -4.47. The van der Waals surface area contributed by atoms with Crippen molar-refractivity contribution in [1.29, 1.82) is 0 Å². The molecule has 0 saturated carbocycles. The van der Waals surface area contributed by atoms with Crippen LogP contribution in [0.3, 0.4) is 0 Å². The Bertz CT molecular complexity index is 600. The lowest BCUT2D eigenvalue weighted by Gasteiger charge is -1.91. The molecule has 0 radical (unpaired) electrons. The third-order valence-electron chi connectivity index (χ3n) is 1.52. The van der Waals surface area contributed by atoms with E-state index in [-0.39, 0.29) is 11.5 Å². The number of hydrogen-bond acceptors (Lipinski definition) is 6. The molecule has 0 amide bonds. The first kappa shape index (κ1) is 24.6. The van der Waals surface area contributed by atoms with Gasteiger partial charge in [-0.3, -0.25) is 9.11 Å². The Hall–Kier alpha value is -1.64. The largest absolute Gasteiger partial charge is 0.508 e. The summed E-state index contributed by atoms with van der Waals surface area (Å²) in [6.45, 7) is 0. The van der Waals surface area contributed by atoms with E-state index in [1.54, 1.807) is 0 Å². The number of phenols is 2. The molecule has 0 aliphatic heterocycles. The number of alkyl halides is 4. The molecule has 24 heavy (non-hydrogen) atoms. The maximum Gasteiger partial charge on any atom is 0.270 e. The molecule has 0 bridgehead atoms. The molecule has 0 atom stereocenters. The van der Waals surface area contributed by atoms with Crippen LogP contribution in [0.5, 0.6) is 11.5 Å². The normalized spacial score (nSPS) is 11.3. The topological polar surface area (TPSA) is 149 Å². The standard InChI is InChI=1S/C6H6O2.2C2H4F2O3S/c7-5-1-2-6(8)4-3-5;2*3-2(4)1-8(5,6)7/h1-4,7-8H;2*2H,1H2,(H,5,6,7). The van der Waals surface area contributed by atoms with Crippen LogP contribution in [-0.4, -0.2) is 60.5 Å². The summed E-state index contributed by atoms with van der Waals surface area (Å²) in [5, 5.41) is 17.3. The fourth-order valence-corrected chi connectivity index (χ4v) is 1.41. The summed E-state index contributed by atoms with van der Waals surface area (Å²) in [7, 11) is -8.95. The van der Waals surface area contributed by atoms with Crippen molar-refractivity contribution < 1.29 is 53.7 Å². The Balaban J connectivity index is 0. The van der Waals surface area contributed by atoms with E-state index < -0.39 is 44.6 Å². The van der Waals surface area contributed by atoms with E-state index in [4.69, 9.17) is 19.3 Å². The average molecular weight is 402 g/mol. The molecular weight excluding hydrogens is 388 g/mol. The fraction of sp³-hybridized carbons (Fsp3) is 0.400. The number of benzene rings is 1. The van der Waals surface area contributed by atoms with Crippen LogP contribution in [-0.2, 0) is 20.2 Å². The van der Waals surface area contributed by atoms with Gasteiger partial charge in [-0.05, 0) is 24.3 Å². The van der Waals surface area contributed by atoms with Crippen LogP contribution in [0.4, 0.5) is 17.6 Å². The highest BCUT2D eigenvalue weighted by Gasteiger charge is 2.13. The molecule has 1 aromatic carbocycles. The van der Waals surface area contributed by atoms with Gasteiger partial charge < -0.3 is 10.2 Å². The first-order valence-corrected chi connectivity index (χ1v) is 8.79. The Morgan fingerprint density at radius 3 is 1.00 bits per heavy atom. The van der Waals surface area contributed by atoms with Crippen molar-refractivity contribution in [3.63, 3.8) is 0 Å². The van der Waals surface area contributed by atoms with Gasteiger partial charge in [0.25, 0.3) is 33.1 Å².